The molecule has 23 heavy (non-hydrogen) atoms. The Morgan fingerprint density at radius 2 is 2.09 bits per heavy atom. The molecule has 0 bridgehead atoms. The van der Waals surface area contributed by atoms with E-state index in [1.165, 1.54) is 31.4 Å². The van der Waals surface area contributed by atoms with Crippen molar-refractivity contribution in [1.82, 2.24) is 10.3 Å². The van der Waals surface area contributed by atoms with Crippen LogP contribution in [-0.2, 0) is 4.79 Å². The monoisotopic (exact) mass is 318 g/mol. The minimum Gasteiger partial charge on any atom is -0.303 e. The van der Waals surface area contributed by atoms with Gasteiger partial charge in [0.1, 0.15) is 0 Å². The zero-order valence-corrected chi connectivity index (χ0v) is 13.3. The molecule has 1 fully saturated rings. The number of nitro groups is 1. The molecule has 1 aromatic rings. The Bertz CT molecular complexity index is 595. The van der Waals surface area contributed by atoms with Crippen LogP contribution >= 0.6 is 0 Å². The zero-order valence-electron chi connectivity index (χ0n) is 13.3. The van der Waals surface area contributed by atoms with Gasteiger partial charge in [-0.1, -0.05) is 18.6 Å². The number of carbonyl (C=O) groups excluding carboxylic acids is 1. The summed E-state index contributed by atoms with van der Waals surface area (Å²) in [5.74, 6) is -0.139. The Balaban J connectivity index is 1.84. The van der Waals surface area contributed by atoms with Crippen LogP contribution in [0.1, 0.15) is 38.2 Å². The summed E-state index contributed by atoms with van der Waals surface area (Å²) in [7, 11) is 0. The van der Waals surface area contributed by atoms with Gasteiger partial charge >= 0.3 is 0 Å². The van der Waals surface area contributed by atoms with E-state index < -0.39 is 4.92 Å². The predicted octanol–water partition coefficient (Wildman–Crippen LogP) is 2.31. The van der Waals surface area contributed by atoms with Crippen LogP contribution in [0.3, 0.4) is 0 Å². The Morgan fingerprint density at radius 3 is 2.78 bits per heavy atom. The molecule has 0 saturated carbocycles. The van der Waals surface area contributed by atoms with E-state index in [0.717, 1.165) is 19.6 Å². The Labute approximate surface area is 135 Å². The summed E-state index contributed by atoms with van der Waals surface area (Å²) in [6.45, 7) is 4.58. The van der Waals surface area contributed by atoms with Crippen molar-refractivity contribution in [2.24, 2.45) is 5.10 Å². The fourth-order valence-corrected chi connectivity index (χ4v) is 2.55. The third kappa shape index (κ3) is 5.45. The fourth-order valence-electron chi connectivity index (χ4n) is 2.55. The molecule has 1 amide bonds. The van der Waals surface area contributed by atoms with E-state index in [2.05, 4.69) is 15.4 Å². The number of non-ortho nitro benzene ring substituents is 1. The predicted molar refractivity (Wildman–Crippen MR) is 88.4 cm³/mol. The first-order valence-corrected chi connectivity index (χ1v) is 7.86. The van der Waals surface area contributed by atoms with E-state index >= 15 is 0 Å². The minimum absolute atomic E-state index is 0.00785. The first-order valence-electron chi connectivity index (χ1n) is 7.86. The van der Waals surface area contributed by atoms with Crippen molar-refractivity contribution >= 4 is 17.3 Å². The molecule has 7 heteroatoms. The van der Waals surface area contributed by atoms with Gasteiger partial charge in [-0.3, -0.25) is 14.9 Å². The van der Waals surface area contributed by atoms with Crippen LogP contribution in [0.2, 0.25) is 0 Å². The maximum absolute atomic E-state index is 11.8. The summed E-state index contributed by atoms with van der Waals surface area (Å²) >= 11 is 0. The highest BCUT2D eigenvalue weighted by molar-refractivity contribution is 5.99. The summed E-state index contributed by atoms with van der Waals surface area (Å²) in [6.07, 6.45) is 4.08. The van der Waals surface area contributed by atoms with Gasteiger partial charge in [0.15, 0.2) is 0 Å². The van der Waals surface area contributed by atoms with Gasteiger partial charge < -0.3 is 4.90 Å². The standard InChI is InChI=1S/C16H22N4O3/c1-13(14-6-5-7-15(12-14)20(22)23)17-18-16(21)8-11-19-9-3-2-4-10-19/h5-7,12H,2-4,8-11H2,1H3,(H,18,21)/b17-13+. The summed E-state index contributed by atoms with van der Waals surface area (Å²) in [6, 6.07) is 6.20. The molecule has 7 nitrogen and oxygen atoms in total. The van der Waals surface area contributed by atoms with E-state index in [9.17, 15) is 14.9 Å². The van der Waals surface area contributed by atoms with Gasteiger partial charge in [-0.15, -0.1) is 0 Å². The second-order valence-electron chi connectivity index (χ2n) is 5.69. The second kappa shape index (κ2) is 8.38. The largest absolute Gasteiger partial charge is 0.303 e. The van der Waals surface area contributed by atoms with E-state index in [0.29, 0.717) is 17.7 Å². The lowest BCUT2D eigenvalue weighted by Crippen LogP contribution is -2.33. The number of likely N-dealkylation sites (tertiary alicyclic amines) is 1. The highest BCUT2D eigenvalue weighted by Gasteiger charge is 2.12. The third-order valence-electron chi connectivity index (χ3n) is 3.93. The van der Waals surface area contributed by atoms with Crippen molar-refractivity contribution < 1.29 is 9.72 Å². The van der Waals surface area contributed by atoms with Crippen molar-refractivity contribution in [3.05, 3.63) is 39.9 Å². The number of piperidine rings is 1. The molecule has 124 valence electrons. The topological polar surface area (TPSA) is 87.8 Å². The number of nitro benzene ring substituents is 1. The van der Waals surface area contributed by atoms with Crippen LogP contribution in [0.5, 0.6) is 0 Å². The molecular weight excluding hydrogens is 296 g/mol. The van der Waals surface area contributed by atoms with Gasteiger partial charge in [0, 0.05) is 30.7 Å². The van der Waals surface area contributed by atoms with Crippen LogP contribution < -0.4 is 5.43 Å². The average molecular weight is 318 g/mol. The normalized spacial score (nSPS) is 16.1. The van der Waals surface area contributed by atoms with Gasteiger partial charge in [-0.25, -0.2) is 5.43 Å². The lowest BCUT2D eigenvalue weighted by atomic mass is 10.1. The van der Waals surface area contributed by atoms with Crippen molar-refractivity contribution in [1.29, 1.82) is 0 Å². The van der Waals surface area contributed by atoms with Crippen molar-refractivity contribution in [2.45, 2.75) is 32.6 Å². The molecule has 1 N–H and O–H groups in total. The number of amides is 1. The number of hydrogen-bond acceptors (Lipinski definition) is 5. The lowest BCUT2D eigenvalue weighted by Gasteiger charge is -2.25. The molecule has 0 unspecified atom stereocenters. The van der Waals surface area contributed by atoms with Crippen LogP contribution in [-0.4, -0.2) is 41.1 Å². The van der Waals surface area contributed by atoms with Gasteiger partial charge in [0.05, 0.1) is 10.6 Å². The Kier molecular flexibility index (Phi) is 6.22. The average Bonchev–Trinajstić information content (AvgIpc) is 2.58. The van der Waals surface area contributed by atoms with Crippen LogP contribution in [0.15, 0.2) is 29.4 Å². The first-order chi connectivity index (χ1) is 11.1. The highest BCUT2D eigenvalue weighted by atomic mass is 16.6. The third-order valence-corrected chi connectivity index (χ3v) is 3.93. The van der Waals surface area contributed by atoms with Crippen molar-refractivity contribution in [3.63, 3.8) is 0 Å². The molecule has 2 rings (SSSR count). The first kappa shape index (κ1) is 17.1. The molecule has 0 radical (unpaired) electrons. The molecule has 1 aliphatic heterocycles. The number of benzene rings is 1. The lowest BCUT2D eigenvalue weighted by molar-refractivity contribution is -0.384. The van der Waals surface area contributed by atoms with Gasteiger partial charge in [0.2, 0.25) is 5.91 Å². The second-order valence-corrected chi connectivity index (χ2v) is 5.69. The van der Waals surface area contributed by atoms with E-state index in [1.807, 2.05) is 0 Å². The zero-order chi connectivity index (χ0) is 16.7. The number of hydrogen-bond donors (Lipinski definition) is 1. The Hall–Kier alpha value is -2.28. The molecule has 0 aliphatic carbocycles. The fraction of sp³-hybridized carbons (Fsp3) is 0.500. The van der Waals surface area contributed by atoms with Gasteiger partial charge in [-0.05, 0) is 32.9 Å². The summed E-state index contributed by atoms with van der Waals surface area (Å²) in [4.78, 5) is 24.5. The molecular formula is C16H22N4O3. The number of hydrazone groups is 1. The van der Waals surface area contributed by atoms with E-state index in [-0.39, 0.29) is 11.6 Å². The van der Waals surface area contributed by atoms with Crippen molar-refractivity contribution in [3.8, 4) is 0 Å². The van der Waals surface area contributed by atoms with Crippen LogP contribution in [0, 0.1) is 10.1 Å². The van der Waals surface area contributed by atoms with Crippen LogP contribution in [0.25, 0.3) is 0 Å². The number of nitrogens with zero attached hydrogens (tertiary/aromatic N) is 3. The maximum Gasteiger partial charge on any atom is 0.270 e. The molecule has 1 heterocycles. The molecule has 1 aliphatic rings. The summed E-state index contributed by atoms with van der Waals surface area (Å²) < 4.78 is 0. The quantitative estimate of drug-likeness (QED) is 0.495. The maximum atomic E-state index is 11.8. The van der Waals surface area contributed by atoms with Gasteiger partial charge in [-0.2, -0.15) is 5.10 Å². The molecule has 0 spiro atoms. The number of nitrogens with one attached hydrogen (secondary N) is 1. The van der Waals surface area contributed by atoms with Gasteiger partial charge in [0.25, 0.3) is 5.69 Å². The van der Waals surface area contributed by atoms with Crippen LogP contribution in [0.4, 0.5) is 5.69 Å². The summed E-state index contributed by atoms with van der Waals surface area (Å²) in [5.41, 5.74) is 3.69. The molecule has 1 aromatic carbocycles. The number of rotatable bonds is 6. The molecule has 0 aromatic heterocycles. The molecule has 0 atom stereocenters. The minimum atomic E-state index is -0.450. The van der Waals surface area contributed by atoms with E-state index in [4.69, 9.17) is 0 Å². The van der Waals surface area contributed by atoms with E-state index in [1.54, 1.807) is 19.1 Å². The molecule has 1 saturated heterocycles. The summed E-state index contributed by atoms with van der Waals surface area (Å²) in [5, 5.41) is 14.8. The number of carbonyl (C=O) groups is 1. The smallest absolute Gasteiger partial charge is 0.270 e. The van der Waals surface area contributed by atoms with Crippen molar-refractivity contribution in [2.75, 3.05) is 19.6 Å². The highest BCUT2D eigenvalue weighted by Crippen LogP contribution is 2.13. The Morgan fingerprint density at radius 1 is 1.35 bits per heavy atom. The SMILES string of the molecule is C/C(=N\NC(=O)CCN1CCCCC1)c1cccc([N+](=O)[O-])c1.